The molecule has 0 spiro atoms. The normalized spacial score (nSPS) is 37.9. The summed E-state index contributed by atoms with van der Waals surface area (Å²) >= 11 is 0. The molecular formula is C11H21N3O. The van der Waals surface area contributed by atoms with Crippen LogP contribution >= 0.6 is 0 Å². The minimum Gasteiger partial charge on any atom is -0.369 e. The maximum absolute atomic E-state index is 11.3. The highest BCUT2D eigenvalue weighted by Crippen LogP contribution is 2.40. The minimum absolute atomic E-state index is 0.109. The molecule has 4 nitrogen and oxygen atoms in total. The van der Waals surface area contributed by atoms with Crippen LogP contribution in [0.1, 0.15) is 25.7 Å². The van der Waals surface area contributed by atoms with Gasteiger partial charge in [0.05, 0.1) is 5.92 Å². The lowest BCUT2D eigenvalue weighted by atomic mass is 9.80. The molecule has 86 valence electrons. The molecule has 2 saturated heterocycles. The van der Waals surface area contributed by atoms with Gasteiger partial charge in [-0.1, -0.05) is 0 Å². The number of hydrogen-bond donors (Lipinski definition) is 2. The smallest absolute Gasteiger partial charge is 0.222 e. The Morgan fingerprint density at radius 1 is 1.40 bits per heavy atom. The van der Waals surface area contributed by atoms with Crippen LogP contribution in [0.3, 0.4) is 0 Å². The third kappa shape index (κ3) is 1.88. The molecule has 0 aromatic carbocycles. The van der Waals surface area contributed by atoms with E-state index in [1.165, 1.54) is 12.8 Å². The van der Waals surface area contributed by atoms with Crippen molar-refractivity contribution in [3.05, 3.63) is 0 Å². The third-order valence-electron chi connectivity index (χ3n) is 4.32. The predicted molar refractivity (Wildman–Crippen MR) is 59.0 cm³/mol. The van der Waals surface area contributed by atoms with E-state index in [9.17, 15) is 4.79 Å². The van der Waals surface area contributed by atoms with Crippen LogP contribution in [-0.2, 0) is 4.79 Å². The average molecular weight is 211 g/mol. The first-order valence-electron chi connectivity index (χ1n) is 5.84. The van der Waals surface area contributed by atoms with Crippen molar-refractivity contribution >= 4 is 5.91 Å². The molecule has 0 aliphatic carbocycles. The van der Waals surface area contributed by atoms with Crippen LogP contribution in [-0.4, -0.2) is 36.5 Å². The van der Waals surface area contributed by atoms with Gasteiger partial charge in [-0.25, -0.2) is 0 Å². The number of nitrogens with zero attached hydrogens (tertiary/aromatic N) is 1. The van der Waals surface area contributed by atoms with Crippen LogP contribution in [0.2, 0.25) is 0 Å². The summed E-state index contributed by atoms with van der Waals surface area (Å²) in [5, 5.41) is 0. The number of carbonyl (C=O) groups excluding carboxylic acids is 1. The van der Waals surface area contributed by atoms with Crippen molar-refractivity contribution in [2.75, 3.05) is 13.6 Å². The van der Waals surface area contributed by atoms with Gasteiger partial charge in [-0.3, -0.25) is 4.79 Å². The summed E-state index contributed by atoms with van der Waals surface area (Å²) in [5.41, 5.74) is 11.0. The van der Waals surface area contributed by atoms with Crippen molar-refractivity contribution in [3.63, 3.8) is 0 Å². The Balaban J connectivity index is 2.04. The molecule has 2 aliphatic rings. The van der Waals surface area contributed by atoms with Gasteiger partial charge in [0.15, 0.2) is 0 Å². The lowest BCUT2D eigenvalue weighted by Gasteiger charge is -2.38. The van der Waals surface area contributed by atoms with Crippen LogP contribution in [0, 0.1) is 11.8 Å². The number of hydrogen-bond acceptors (Lipinski definition) is 3. The topological polar surface area (TPSA) is 72.3 Å². The van der Waals surface area contributed by atoms with Crippen molar-refractivity contribution in [1.29, 1.82) is 0 Å². The quantitative estimate of drug-likeness (QED) is 0.686. The number of nitrogens with two attached hydrogens (primary N) is 2. The molecule has 2 bridgehead atoms. The van der Waals surface area contributed by atoms with E-state index >= 15 is 0 Å². The zero-order chi connectivity index (χ0) is 11.0. The molecule has 3 atom stereocenters. The van der Waals surface area contributed by atoms with Crippen molar-refractivity contribution < 1.29 is 4.79 Å². The van der Waals surface area contributed by atoms with Crippen LogP contribution < -0.4 is 11.5 Å². The molecular weight excluding hydrogens is 190 g/mol. The van der Waals surface area contributed by atoms with Gasteiger partial charge in [-0.2, -0.15) is 0 Å². The molecule has 0 aromatic heterocycles. The van der Waals surface area contributed by atoms with Crippen molar-refractivity contribution in [2.24, 2.45) is 23.3 Å². The highest BCUT2D eigenvalue weighted by molar-refractivity contribution is 5.77. The van der Waals surface area contributed by atoms with Crippen LogP contribution in [0.15, 0.2) is 0 Å². The van der Waals surface area contributed by atoms with Gasteiger partial charge in [0.25, 0.3) is 0 Å². The predicted octanol–water partition coefficient (Wildman–Crippen LogP) is -0.0806. The summed E-state index contributed by atoms with van der Waals surface area (Å²) in [6, 6.07) is 1.31. The number of piperidine rings is 1. The second-order valence-electron chi connectivity index (χ2n) is 5.03. The number of primary amides is 1. The maximum Gasteiger partial charge on any atom is 0.222 e. The van der Waals surface area contributed by atoms with Gasteiger partial charge in [-0.05, 0) is 38.6 Å². The molecule has 0 unspecified atom stereocenters. The zero-order valence-electron chi connectivity index (χ0n) is 9.36. The largest absolute Gasteiger partial charge is 0.369 e. The standard InChI is InChI=1S/C11H21N3O/c1-14-8-2-3-9(14)5-7(4-8)10(6-12)11(13)15/h7-10H,2-6,12H2,1H3,(H2,13,15)/t8-,9-,10-/m0/s1. The highest BCUT2D eigenvalue weighted by Gasteiger charge is 2.41. The first-order valence-corrected chi connectivity index (χ1v) is 5.84. The van der Waals surface area contributed by atoms with Crippen LogP contribution in [0.25, 0.3) is 0 Å². The molecule has 4 heteroatoms. The average Bonchev–Trinajstić information content (AvgIpc) is 2.43. The van der Waals surface area contributed by atoms with Gasteiger partial charge in [0, 0.05) is 18.6 Å². The second-order valence-corrected chi connectivity index (χ2v) is 5.03. The molecule has 0 radical (unpaired) electrons. The lowest BCUT2D eigenvalue weighted by Crippen LogP contribution is -2.46. The van der Waals surface area contributed by atoms with Crippen LogP contribution in [0.5, 0.6) is 0 Å². The molecule has 15 heavy (non-hydrogen) atoms. The van der Waals surface area contributed by atoms with E-state index in [0.717, 1.165) is 12.8 Å². The van der Waals surface area contributed by atoms with Crippen molar-refractivity contribution in [2.45, 2.75) is 37.8 Å². The van der Waals surface area contributed by atoms with Gasteiger partial charge in [0.2, 0.25) is 5.91 Å². The number of carbonyl (C=O) groups is 1. The van der Waals surface area contributed by atoms with E-state index in [1.54, 1.807) is 0 Å². The molecule has 2 rings (SSSR count). The van der Waals surface area contributed by atoms with E-state index in [4.69, 9.17) is 11.5 Å². The molecule has 2 heterocycles. The van der Waals surface area contributed by atoms with Crippen LogP contribution in [0.4, 0.5) is 0 Å². The molecule has 0 saturated carbocycles. The molecule has 2 aliphatic heterocycles. The van der Waals surface area contributed by atoms with E-state index < -0.39 is 0 Å². The van der Waals surface area contributed by atoms with E-state index in [-0.39, 0.29) is 11.8 Å². The summed E-state index contributed by atoms with van der Waals surface area (Å²) in [6.07, 6.45) is 4.73. The Bertz CT molecular complexity index is 242. The Morgan fingerprint density at radius 2 is 1.93 bits per heavy atom. The molecule has 0 aromatic rings. The summed E-state index contributed by atoms with van der Waals surface area (Å²) in [6.45, 7) is 0.406. The summed E-state index contributed by atoms with van der Waals surface area (Å²) in [4.78, 5) is 13.7. The van der Waals surface area contributed by atoms with Gasteiger partial charge < -0.3 is 16.4 Å². The van der Waals surface area contributed by atoms with Gasteiger partial charge in [-0.15, -0.1) is 0 Å². The lowest BCUT2D eigenvalue weighted by molar-refractivity contribution is -0.124. The second kappa shape index (κ2) is 4.10. The third-order valence-corrected chi connectivity index (χ3v) is 4.32. The van der Waals surface area contributed by atoms with Gasteiger partial charge in [0.1, 0.15) is 0 Å². The Labute approximate surface area is 91.0 Å². The van der Waals surface area contributed by atoms with E-state index in [0.29, 0.717) is 24.5 Å². The SMILES string of the molecule is CN1[C@H]2CC[C@H]1CC([C@H](CN)C(N)=O)C2. The fraction of sp³-hybridized carbons (Fsp3) is 0.909. The molecule has 2 fully saturated rings. The summed E-state index contributed by atoms with van der Waals surface area (Å²) < 4.78 is 0. The van der Waals surface area contributed by atoms with Gasteiger partial charge >= 0.3 is 0 Å². The number of fused-ring (bicyclic) bond motifs is 2. The molecule has 4 N–H and O–H groups in total. The number of amides is 1. The summed E-state index contributed by atoms with van der Waals surface area (Å²) in [7, 11) is 2.19. The highest BCUT2D eigenvalue weighted by atomic mass is 16.1. The fourth-order valence-corrected chi connectivity index (χ4v) is 3.32. The van der Waals surface area contributed by atoms with Crippen molar-refractivity contribution in [1.82, 2.24) is 4.90 Å². The zero-order valence-corrected chi connectivity index (χ0v) is 9.36. The first-order chi connectivity index (χ1) is 7.13. The Morgan fingerprint density at radius 3 is 2.33 bits per heavy atom. The number of rotatable bonds is 3. The Hall–Kier alpha value is -0.610. The monoisotopic (exact) mass is 211 g/mol. The van der Waals surface area contributed by atoms with Crippen molar-refractivity contribution in [3.8, 4) is 0 Å². The molecule has 1 amide bonds. The summed E-state index contributed by atoms with van der Waals surface area (Å²) in [5.74, 6) is 0.0921. The maximum atomic E-state index is 11.3. The van der Waals surface area contributed by atoms with E-state index in [1.807, 2.05) is 0 Å². The van der Waals surface area contributed by atoms with E-state index in [2.05, 4.69) is 11.9 Å². The minimum atomic E-state index is -0.216. The first kappa shape index (κ1) is 10.9. The fourth-order valence-electron chi connectivity index (χ4n) is 3.32. The Kier molecular flexibility index (Phi) is 2.98.